The summed E-state index contributed by atoms with van der Waals surface area (Å²) in [4.78, 5) is 11.6. The lowest BCUT2D eigenvalue weighted by Crippen LogP contribution is -2.31. The molecule has 0 heterocycles. The lowest BCUT2D eigenvalue weighted by Gasteiger charge is -2.12. The Bertz CT molecular complexity index is 408. The molecule has 1 aromatic carbocycles. The van der Waals surface area contributed by atoms with Crippen LogP contribution >= 0.6 is 0 Å². The van der Waals surface area contributed by atoms with Gasteiger partial charge in [-0.3, -0.25) is 4.79 Å². The van der Waals surface area contributed by atoms with E-state index < -0.39 is 0 Å². The van der Waals surface area contributed by atoms with E-state index in [2.05, 4.69) is 10.6 Å². The number of methoxy groups -OCH3 is 1. The molecule has 0 unspecified atom stereocenters. The average Bonchev–Trinajstić information content (AvgIpc) is 2.41. The van der Waals surface area contributed by atoms with Crippen molar-refractivity contribution in [3.8, 4) is 5.75 Å². The highest BCUT2D eigenvalue weighted by Crippen LogP contribution is 2.18. The molecule has 0 aliphatic rings. The standard InChI is InChI=1S/C15H24N2O3/c1-12(2)20-14-7-4-6-13(10-14)17-11-15(18)16-8-5-9-19-3/h4,6-7,10,12,17H,5,8-9,11H2,1-3H3,(H,16,18). The molecule has 0 radical (unpaired) electrons. The second-order valence-electron chi connectivity index (χ2n) is 4.74. The molecular weight excluding hydrogens is 256 g/mol. The molecular formula is C15H24N2O3. The van der Waals surface area contributed by atoms with E-state index in [0.717, 1.165) is 17.9 Å². The summed E-state index contributed by atoms with van der Waals surface area (Å²) in [6.45, 7) is 5.49. The fourth-order valence-electron chi connectivity index (χ4n) is 1.64. The van der Waals surface area contributed by atoms with E-state index in [-0.39, 0.29) is 18.6 Å². The smallest absolute Gasteiger partial charge is 0.239 e. The minimum atomic E-state index is -0.0312. The summed E-state index contributed by atoms with van der Waals surface area (Å²) in [5, 5.41) is 5.90. The van der Waals surface area contributed by atoms with Gasteiger partial charge in [-0.2, -0.15) is 0 Å². The number of ether oxygens (including phenoxy) is 2. The Morgan fingerprint density at radius 2 is 2.15 bits per heavy atom. The van der Waals surface area contributed by atoms with Gasteiger partial charge in [-0.1, -0.05) is 6.07 Å². The van der Waals surface area contributed by atoms with Crippen molar-refractivity contribution in [2.75, 3.05) is 32.1 Å². The molecule has 5 nitrogen and oxygen atoms in total. The zero-order valence-electron chi connectivity index (χ0n) is 12.4. The largest absolute Gasteiger partial charge is 0.491 e. The molecule has 5 heteroatoms. The van der Waals surface area contributed by atoms with Crippen molar-refractivity contribution in [2.45, 2.75) is 26.4 Å². The maximum atomic E-state index is 11.6. The molecule has 0 spiro atoms. The fourth-order valence-corrected chi connectivity index (χ4v) is 1.64. The molecule has 0 fully saturated rings. The van der Waals surface area contributed by atoms with Crippen molar-refractivity contribution < 1.29 is 14.3 Å². The van der Waals surface area contributed by atoms with Gasteiger partial charge in [-0.25, -0.2) is 0 Å². The molecule has 20 heavy (non-hydrogen) atoms. The van der Waals surface area contributed by atoms with Crippen molar-refractivity contribution >= 4 is 11.6 Å². The monoisotopic (exact) mass is 280 g/mol. The minimum Gasteiger partial charge on any atom is -0.491 e. The van der Waals surface area contributed by atoms with Crippen LogP contribution in [0.2, 0.25) is 0 Å². The zero-order valence-corrected chi connectivity index (χ0v) is 12.4. The van der Waals surface area contributed by atoms with Crippen LogP contribution < -0.4 is 15.4 Å². The number of hydrogen-bond acceptors (Lipinski definition) is 4. The van der Waals surface area contributed by atoms with Gasteiger partial charge < -0.3 is 20.1 Å². The first kappa shape index (κ1) is 16.3. The van der Waals surface area contributed by atoms with Crippen molar-refractivity contribution in [1.82, 2.24) is 5.32 Å². The second-order valence-corrected chi connectivity index (χ2v) is 4.74. The van der Waals surface area contributed by atoms with Crippen LogP contribution in [0.5, 0.6) is 5.75 Å². The number of nitrogens with one attached hydrogen (secondary N) is 2. The predicted octanol–water partition coefficient (Wildman–Crippen LogP) is 2.04. The molecule has 1 amide bonds. The van der Waals surface area contributed by atoms with Gasteiger partial charge in [0.25, 0.3) is 0 Å². The SMILES string of the molecule is COCCCNC(=O)CNc1cccc(OC(C)C)c1. The van der Waals surface area contributed by atoms with Gasteiger partial charge in [0.15, 0.2) is 0 Å². The molecule has 0 bridgehead atoms. The Morgan fingerprint density at radius 1 is 1.35 bits per heavy atom. The van der Waals surface area contributed by atoms with Gasteiger partial charge in [0.1, 0.15) is 5.75 Å². The van der Waals surface area contributed by atoms with Gasteiger partial charge in [0, 0.05) is 32.0 Å². The molecule has 2 N–H and O–H groups in total. The Balaban J connectivity index is 2.32. The summed E-state index contributed by atoms with van der Waals surface area (Å²) in [5.41, 5.74) is 0.871. The second kappa shape index (κ2) is 9.20. The van der Waals surface area contributed by atoms with Gasteiger partial charge >= 0.3 is 0 Å². The normalized spacial score (nSPS) is 10.4. The minimum absolute atomic E-state index is 0.0312. The highest BCUT2D eigenvalue weighted by Gasteiger charge is 2.02. The lowest BCUT2D eigenvalue weighted by atomic mass is 10.3. The summed E-state index contributed by atoms with van der Waals surface area (Å²) in [6, 6.07) is 7.59. The van der Waals surface area contributed by atoms with E-state index >= 15 is 0 Å². The summed E-state index contributed by atoms with van der Waals surface area (Å²) in [7, 11) is 1.65. The van der Waals surface area contributed by atoms with Crippen LogP contribution in [-0.4, -0.2) is 38.8 Å². The highest BCUT2D eigenvalue weighted by molar-refractivity contribution is 5.80. The van der Waals surface area contributed by atoms with Gasteiger partial charge in [-0.15, -0.1) is 0 Å². The molecule has 0 atom stereocenters. The molecule has 0 aliphatic carbocycles. The van der Waals surface area contributed by atoms with Crippen molar-refractivity contribution in [3.05, 3.63) is 24.3 Å². The van der Waals surface area contributed by atoms with Crippen molar-refractivity contribution in [3.63, 3.8) is 0 Å². The third-order valence-electron chi connectivity index (χ3n) is 2.51. The first-order valence-electron chi connectivity index (χ1n) is 6.88. The Hall–Kier alpha value is -1.75. The van der Waals surface area contributed by atoms with Crippen LogP contribution in [0, 0.1) is 0 Å². The van der Waals surface area contributed by atoms with Crippen molar-refractivity contribution in [2.24, 2.45) is 0 Å². The Morgan fingerprint density at radius 3 is 2.85 bits per heavy atom. The van der Waals surface area contributed by atoms with Crippen LogP contribution in [0.1, 0.15) is 20.3 Å². The number of anilines is 1. The maximum Gasteiger partial charge on any atom is 0.239 e. The van der Waals surface area contributed by atoms with Crippen LogP contribution in [0.4, 0.5) is 5.69 Å². The summed E-state index contributed by atoms with van der Waals surface area (Å²) >= 11 is 0. The number of carbonyl (C=O) groups excluding carboxylic acids is 1. The van der Waals surface area contributed by atoms with E-state index in [1.165, 1.54) is 0 Å². The van der Waals surface area contributed by atoms with Gasteiger partial charge in [0.2, 0.25) is 5.91 Å². The summed E-state index contributed by atoms with van der Waals surface area (Å²) in [5.74, 6) is 0.766. The number of hydrogen-bond donors (Lipinski definition) is 2. The first-order valence-corrected chi connectivity index (χ1v) is 6.88. The fraction of sp³-hybridized carbons (Fsp3) is 0.533. The third kappa shape index (κ3) is 6.99. The molecule has 0 aliphatic heterocycles. The quantitative estimate of drug-likeness (QED) is 0.680. The predicted molar refractivity (Wildman–Crippen MR) is 80.2 cm³/mol. The van der Waals surface area contributed by atoms with E-state index in [9.17, 15) is 4.79 Å². The number of rotatable bonds is 9. The average molecular weight is 280 g/mol. The molecule has 0 saturated carbocycles. The van der Waals surface area contributed by atoms with Gasteiger partial charge in [0.05, 0.1) is 12.6 Å². The van der Waals surface area contributed by atoms with Crippen LogP contribution in [0.25, 0.3) is 0 Å². The zero-order chi connectivity index (χ0) is 14.8. The van der Waals surface area contributed by atoms with E-state index in [0.29, 0.717) is 13.2 Å². The van der Waals surface area contributed by atoms with Crippen molar-refractivity contribution in [1.29, 1.82) is 0 Å². The summed E-state index contributed by atoms with van der Waals surface area (Å²) in [6.07, 6.45) is 0.953. The van der Waals surface area contributed by atoms with Crippen LogP contribution in [0.3, 0.4) is 0 Å². The molecule has 1 rings (SSSR count). The maximum absolute atomic E-state index is 11.6. The van der Waals surface area contributed by atoms with E-state index in [1.54, 1.807) is 7.11 Å². The van der Waals surface area contributed by atoms with Gasteiger partial charge in [-0.05, 0) is 32.4 Å². The number of amides is 1. The van der Waals surface area contributed by atoms with Crippen LogP contribution in [-0.2, 0) is 9.53 Å². The summed E-state index contributed by atoms with van der Waals surface area (Å²) < 4.78 is 10.5. The molecule has 0 aromatic heterocycles. The Kier molecular flexibility index (Phi) is 7.50. The Labute approximate surface area is 120 Å². The topological polar surface area (TPSA) is 59.6 Å². The lowest BCUT2D eigenvalue weighted by molar-refractivity contribution is -0.119. The third-order valence-corrected chi connectivity index (χ3v) is 2.51. The highest BCUT2D eigenvalue weighted by atomic mass is 16.5. The van der Waals surface area contributed by atoms with E-state index in [4.69, 9.17) is 9.47 Å². The molecule has 0 saturated heterocycles. The molecule has 1 aromatic rings. The number of benzene rings is 1. The number of carbonyl (C=O) groups is 1. The first-order chi connectivity index (χ1) is 9.61. The van der Waals surface area contributed by atoms with E-state index in [1.807, 2.05) is 38.1 Å². The van der Waals surface area contributed by atoms with Crippen LogP contribution in [0.15, 0.2) is 24.3 Å². The molecule has 112 valence electrons.